The lowest BCUT2D eigenvalue weighted by atomic mass is 9.63. The summed E-state index contributed by atoms with van der Waals surface area (Å²) in [6.45, 7) is 13.2. The molecule has 2 heterocycles. The Morgan fingerprint density at radius 3 is 2.25 bits per heavy atom. The molecule has 0 spiro atoms. The highest BCUT2D eigenvalue weighted by Crippen LogP contribution is 2.49. The van der Waals surface area contributed by atoms with Crippen molar-refractivity contribution >= 4 is 12.0 Å². The lowest BCUT2D eigenvalue weighted by Crippen LogP contribution is -2.55. The van der Waals surface area contributed by atoms with Crippen LogP contribution in [0.15, 0.2) is 24.3 Å². The van der Waals surface area contributed by atoms with Crippen molar-refractivity contribution in [3.63, 3.8) is 0 Å². The van der Waals surface area contributed by atoms with Crippen LogP contribution in [0, 0.1) is 23.1 Å². The molecule has 1 unspecified atom stereocenters. The van der Waals surface area contributed by atoms with Crippen LogP contribution < -0.4 is 0 Å². The van der Waals surface area contributed by atoms with E-state index in [0.29, 0.717) is 18.6 Å². The average Bonchev–Trinajstić information content (AvgIpc) is 3.51. The minimum absolute atomic E-state index is 0.0353. The van der Waals surface area contributed by atoms with E-state index in [2.05, 4.69) is 37.5 Å². The fourth-order valence-corrected chi connectivity index (χ4v) is 8.45. The van der Waals surface area contributed by atoms with Gasteiger partial charge in [-0.05, 0) is 100 Å². The van der Waals surface area contributed by atoms with Crippen molar-refractivity contribution in [3.8, 4) is 0 Å². The second-order valence-corrected chi connectivity index (χ2v) is 13.6. The number of likely N-dealkylation sites (tertiary alicyclic amines) is 1. The quantitative estimate of drug-likeness (QED) is 0.370. The molecule has 0 aromatic heterocycles. The first-order chi connectivity index (χ1) is 19.2. The number of piperidine rings is 1. The fraction of sp³-hybridized carbons (Fsp3) is 0.758. The van der Waals surface area contributed by atoms with Gasteiger partial charge in [0.05, 0.1) is 5.54 Å². The third kappa shape index (κ3) is 5.77. The molecule has 5 rings (SSSR count). The Hall–Kier alpha value is -2.15. The first-order valence-electron chi connectivity index (χ1n) is 15.9. The molecule has 4 aliphatic rings. The minimum atomic E-state index is -0.294. The zero-order valence-corrected chi connectivity index (χ0v) is 25.2. The molecule has 0 N–H and O–H groups in total. The van der Waals surface area contributed by atoms with Crippen molar-refractivity contribution in [2.75, 3.05) is 39.3 Å². The van der Waals surface area contributed by atoms with E-state index < -0.39 is 0 Å². The molecule has 3 atom stereocenters. The number of ether oxygens (including phenoxy) is 1. The Balaban J connectivity index is 1.34. The molecule has 2 aliphatic carbocycles. The molecule has 7 heteroatoms. The van der Waals surface area contributed by atoms with Gasteiger partial charge in [-0.1, -0.05) is 45.2 Å². The summed E-state index contributed by atoms with van der Waals surface area (Å²) in [6, 6.07) is 7.20. The Kier molecular flexibility index (Phi) is 8.80. The summed E-state index contributed by atoms with van der Waals surface area (Å²) in [5, 5.41) is 0. The Morgan fingerprint density at radius 2 is 1.68 bits per heavy atom. The molecule has 2 saturated heterocycles. The number of cyclic esters (lactones) is 1. The first-order valence-corrected chi connectivity index (χ1v) is 15.9. The number of halogens is 1. The normalized spacial score (nSPS) is 28.8. The first kappa shape index (κ1) is 29.3. The van der Waals surface area contributed by atoms with E-state index in [0.717, 1.165) is 64.0 Å². The Bertz CT molecular complexity index is 1030. The number of hydrogen-bond acceptors (Lipinski definition) is 4. The number of benzene rings is 1. The summed E-state index contributed by atoms with van der Waals surface area (Å²) in [5.41, 5.74) is 0.822. The van der Waals surface area contributed by atoms with Crippen LogP contribution >= 0.6 is 0 Å². The standard InChI is InChI=1S/C33H50FN3O3/c1-5-35(6-2)27-20-28(24-12-14-26(34)15-13-24)29(21-27)30(38)36-18-16-33(17-19-36,25-10-8-7-9-11-25)22-37-31(39)40-23-32(37,3)4/h12-15,25,27-29H,5-11,16-23H2,1-4H3/t27-,28?,29-/m1/s1. The zero-order chi connectivity index (χ0) is 28.5. The summed E-state index contributed by atoms with van der Waals surface area (Å²) < 4.78 is 19.2. The summed E-state index contributed by atoms with van der Waals surface area (Å²) >= 11 is 0. The van der Waals surface area contributed by atoms with Gasteiger partial charge in [-0.2, -0.15) is 0 Å². The molecule has 2 amide bonds. The molecule has 40 heavy (non-hydrogen) atoms. The zero-order valence-electron chi connectivity index (χ0n) is 25.2. The van der Waals surface area contributed by atoms with E-state index in [1.165, 1.54) is 44.2 Å². The van der Waals surface area contributed by atoms with Crippen molar-refractivity contribution in [2.45, 2.75) is 103 Å². The highest BCUT2D eigenvalue weighted by molar-refractivity contribution is 5.80. The molecular weight excluding hydrogens is 505 g/mol. The van der Waals surface area contributed by atoms with Crippen molar-refractivity contribution < 1.29 is 18.7 Å². The SMILES string of the molecule is CCN(CC)[C@@H]1CC(c2ccc(F)cc2)[C@H](C(=O)N2CCC(CN3C(=O)OCC3(C)C)(C3CCCCC3)CC2)C1. The van der Waals surface area contributed by atoms with Crippen LogP contribution in [0.4, 0.5) is 9.18 Å². The Morgan fingerprint density at radius 1 is 1.02 bits per heavy atom. The lowest BCUT2D eigenvalue weighted by Gasteiger charge is -2.51. The van der Waals surface area contributed by atoms with Gasteiger partial charge >= 0.3 is 6.09 Å². The van der Waals surface area contributed by atoms with Crippen LogP contribution in [0.1, 0.15) is 97.0 Å². The fourth-order valence-electron chi connectivity index (χ4n) is 8.45. The number of amides is 2. The maximum Gasteiger partial charge on any atom is 0.410 e. The van der Waals surface area contributed by atoms with Crippen molar-refractivity contribution in [1.82, 2.24) is 14.7 Å². The van der Waals surface area contributed by atoms with Gasteiger partial charge in [0, 0.05) is 31.6 Å². The number of hydrogen-bond donors (Lipinski definition) is 0. The van der Waals surface area contributed by atoms with Crippen LogP contribution in [0.5, 0.6) is 0 Å². The van der Waals surface area contributed by atoms with Gasteiger partial charge in [-0.15, -0.1) is 0 Å². The molecule has 2 saturated carbocycles. The molecular formula is C33H50FN3O3. The van der Waals surface area contributed by atoms with E-state index >= 15 is 0 Å². The van der Waals surface area contributed by atoms with Crippen molar-refractivity contribution in [3.05, 3.63) is 35.6 Å². The van der Waals surface area contributed by atoms with Crippen LogP contribution in [0.2, 0.25) is 0 Å². The van der Waals surface area contributed by atoms with E-state index in [1.807, 2.05) is 17.0 Å². The number of carbonyl (C=O) groups is 2. The second-order valence-electron chi connectivity index (χ2n) is 13.6. The third-order valence-electron chi connectivity index (χ3n) is 11.0. The summed E-state index contributed by atoms with van der Waals surface area (Å²) in [4.78, 5) is 33.6. The number of carbonyl (C=O) groups excluding carboxylic acids is 2. The molecule has 0 bridgehead atoms. The summed E-state index contributed by atoms with van der Waals surface area (Å²) in [5.74, 6) is 0.662. The third-order valence-corrected chi connectivity index (χ3v) is 11.0. The maximum absolute atomic E-state index is 14.2. The summed E-state index contributed by atoms with van der Waals surface area (Å²) in [7, 11) is 0. The van der Waals surface area contributed by atoms with Gasteiger partial charge in [-0.3, -0.25) is 9.69 Å². The van der Waals surface area contributed by atoms with Crippen LogP contribution in [0.3, 0.4) is 0 Å². The molecule has 0 radical (unpaired) electrons. The monoisotopic (exact) mass is 555 g/mol. The topological polar surface area (TPSA) is 53.1 Å². The lowest BCUT2D eigenvalue weighted by molar-refractivity contribution is -0.139. The predicted molar refractivity (Wildman–Crippen MR) is 156 cm³/mol. The molecule has 6 nitrogen and oxygen atoms in total. The largest absolute Gasteiger partial charge is 0.447 e. The van der Waals surface area contributed by atoms with E-state index in [1.54, 1.807) is 0 Å². The highest BCUT2D eigenvalue weighted by Gasteiger charge is 2.50. The van der Waals surface area contributed by atoms with Crippen LogP contribution in [0.25, 0.3) is 0 Å². The molecule has 1 aromatic carbocycles. The van der Waals surface area contributed by atoms with Gasteiger partial charge in [0.2, 0.25) is 5.91 Å². The van der Waals surface area contributed by atoms with Crippen molar-refractivity contribution in [2.24, 2.45) is 17.3 Å². The van der Waals surface area contributed by atoms with Crippen LogP contribution in [-0.4, -0.2) is 77.6 Å². The average molecular weight is 556 g/mol. The van der Waals surface area contributed by atoms with Crippen molar-refractivity contribution in [1.29, 1.82) is 0 Å². The van der Waals surface area contributed by atoms with E-state index in [-0.39, 0.29) is 40.6 Å². The van der Waals surface area contributed by atoms with Crippen LogP contribution in [-0.2, 0) is 9.53 Å². The number of rotatable bonds is 8. The van der Waals surface area contributed by atoms with Gasteiger partial charge in [0.15, 0.2) is 0 Å². The molecule has 2 aliphatic heterocycles. The van der Waals surface area contributed by atoms with E-state index in [4.69, 9.17) is 4.74 Å². The maximum atomic E-state index is 14.2. The predicted octanol–water partition coefficient (Wildman–Crippen LogP) is 6.45. The molecule has 4 fully saturated rings. The van der Waals surface area contributed by atoms with Gasteiger partial charge in [0.25, 0.3) is 0 Å². The number of nitrogens with zero attached hydrogens (tertiary/aromatic N) is 3. The highest BCUT2D eigenvalue weighted by atomic mass is 19.1. The molecule has 222 valence electrons. The molecule has 1 aromatic rings. The van der Waals surface area contributed by atoms with E-state index in [9.17, 15) is 14.0 Å². The van der Waals surface area contributed by atoms with Gasteiger partial charge in [0.1, 0.15) is 12.4 Å². The Labute approximate surface area is 240 Å². The van der Waals surface area contributed by atoms with Gasteiger partial charge in [-0.25, -0.2) is 9.18 Å². The van der Waals surface area contributed by atoms with Gasteiger partial charge < -0.3 is 14.5 Å². The second kappa shape index (κ2) is 12.0. The smallest absolute Gasteiger partial charge is 0.410 e. The minimum Gasteiger partial charge on any atom is -0.447 e. The summed E-state index contributed by atoms with van der Waals surface area (Å²) in [6.07, 6.45) is 9.76.